The Kier molecular flexibility index (Phi) is 3.47. The lowest BCUT2D eigenvalue weighted by Gasteiger charge is -2.23. The fourth-order valence-electron chi connectivity index (χ4n) is 4.08. The second-order valence-electron chi connectivity index (χ2n) is 6.46. The van der Waals surface area contributed by atoms with Crippen molar-refractivity contribution < 1.29 is 0 Å². The lowest BCUT2D eigenvalue weighted by atomic mass is 9.89. The van der Waals surface area contributed by atoms with Gasteiger partial charge in [0.25, 0.3) is 0 Å². The third kappa shape index (κ3) is 2.35. The summed E-state index contributed by atoms with van der Waals surface area (Å²) >= 11 is 0. The van der Waals surface area contributed by atoms with Gasteiger partial charge in [-0.3, -0.25) is 0 Å². The largest absolute Gasteiger partial charge is 0.351 e. The zero-order chi connectivity index (χ0) is 12.5. The molecule has 0 saturated heterocycles. The molecule has 2 saturated carbocycles. The molecule has 0 radical (unpaired) electrons. The summed E-state index contributed by atoms with van der Waals surface area (Å²) < 4.78 is 2.47. The smallest absolute Gasteiger partial charge is 0.0253 e. The molecule has 1 aromatic rings. The number of rotatable bonds is 5. The Hall–Kier alpha value is -0.760. The Morgan fingerprint density at radius 1 is 1.39 bits per heavy atom. The molecule has 3 rings (SSSR count). The molecule has 0 amide bonds. The number of nitrogens with zero attached hydrogens (tertiary/aromatic N) is 1. The molecular formula is C16H26N2. The van der Waals surface area contributed by atoms with E-state index in [9.17, 15) is 0 Å². The third-order valence-electron chi connectivity index (χ3n) is 5.23. The van der Waals surface area contributed by atoms with Crippen molar-refractivity contribution in [2.75, 3.05) is 0 Å². The quantitative estimate of drug-likeness (QED) is 0.850. The number of hydrogen-bond donors (Lipinski definition) is 1. The van der Waals surface area contributed by atoms with E-state index in [1.54, 1.807) is 0 Å². The summed E-state index contributed by atoms with van der Waals surface area (Å²) in [5.74, 6) is 3.01. The van der Waals surface area contributed by atoms with E-state index in [0.717, 1.165) is 30.6 Å². The van der Waals surface area contributed by atoms with Gasteiger partial charge in [-0.25, -0.2) is 0 Å². The van der Waals surface area contributed by atoms with E-state index in [0.29, 0.717) is 6.04 Å². The van der Waals surface area contributed by atoms with Gasteiger partial charge in [-0.15, -0.1) is 0 Å². The van der Waals surface area contributed by atoms with Crippen LogP contribution in [0.25, 0.3) is 0 Å². The van der Waals surface area contributed by atoms with E-state index in [1.807, 2.05) is 0 Å². The molecule has 18 heavy (non-hydrogen) atoms. The van der Waals surface area contributed by atoms with Crippen LogP contribution in [-0.2, 0) is 13.0 Å². The zero-order valence-corrected chi connectivity index (χ0v) is 11.5. The molecule has 2 heteroatoms. The van der Waals surface area contributed by atoms with E-state index >= 15 is 0 Å². The van der Waals surface area contributed by atoms with Crippen LogP contribution in [0.4, 0.5) is 0 Å². The summed E-state index contributed by atoms with van der Waals surface area (Å²) in [6, 6.07) is 4.76. The van der Waals surface area contributed by atoms with Crippen molar-refractivity contribution in [2.24, 2.45) is 23.5 Å². The van der Waals surface area contributed by atoms with Gasteiger partial charge in [0.2, 0.25) is 0 Å². The van der Waals surface area contributed by atoms with Crippen molar-refractivity contribution in [3.05, 3.63) is 24.0 Å². The van der Waals surface area contributed by atoms with Gasteiger partial charge in [-0.2, -0.15) is 0 Å². The van der Waals surface area contributed by atoms with Crippen molar-refractivity contribution in [2.45, 2.75) is 58.0 Å². The van der Waals surface area contributed by atoms with E-state index in [4.69, 9.17) is 5.73 Å². The maximum atomic E-state index is 6.09. The highest BCUT2D eigenvalue weighted by Gasteiger charge is 2.39. The Bertz CT molecular complexity index is 396. The molecule has 2 aliphatic rings. The molecule has 4 unspecified atom stereocenters. The van der Waals surface area contributed by atoms with Crippen LogP contribution >= 0.6 is 0 Å². The van der Waals surface area contributed by atoms with E-state index in [2.05, 4.69) is 29.8 Å². The molecule has 0 spiro atoms. The first kappa shape index (κ1) is 12.3. The van der Waals surface area contributed by atoms with Crippen LogP contribution < -0.4 is 5.73 Å². The van der Waals surface area contributed by atoms with Gasteiger partial charge in [0.1, 0.15) is 0 Å². The highest BCUT2D eigenvalue weighted by molar-refractivity contribution is 5.09. The molecule has 0 aromatic carbocycles. The van der Waals surface area contributed by atoms with Gasteiger partial charge in [-0.05, 0) is 55.6 Å². The third-order valence-corrected chi connectivity index (χ3v) is 5.23. The lowest BCUT2D eigenvalue weighted by Crippen LogP contribution is -2.24. The molecule has 2 aliphatic carbocycles. The molecule has 1 heterocycles. The van der Waals surface area contributed by atoms with E-state index in [-0.39, 0.29) is 0 Å². The Morgan fingerprint density at radius 3 is 2.94 bits per heavy atom. The SMILES string of the molecule is CCC(N)Cc1cccn1CC1CC2CCC1C2. The highest BCUT2D eigenvalue weighted by Crippen LogP contribution is 2.48. The predicted octanol–water partition coefficient (Wildman–Crippen LogP) is 3.20. The van der Waals surface area contributed by atoms with Gasteiger partial charge in [-0.1, -0.05) is 13.3 Å². The average Bonchev–Trinajstić information content (AvgIpc) is 3.07. The number of nitrogens with two attached hydrogens (primary N) is 1. The average molecular weight is 246 g/mol. The first-order valence-corrected chi connectivity index (χ1v) is 7.65. The van der Waals surface area contributed by atoms with Crippen LogP contribution in [0.2, 0.25) is 0 Å². The number of aromatic nitrogens is 1. The second-order valence-corrected chi connectivity index (χ2v) is 6.46. The minimum absolute atomic E-state index is 0.318. The minimum Gasteiger partial charge on any atom is -0.351 e. The molecule has 2 nitrogen and oxygen atoms in total. The van der Waals surface area contributed by atoms with Crippen molar-refractivity contribution in [3.63, 3.8) is 0 Å². The first-order chi connectivity index (χ1) is 8.76. The number of fused-ring (bicyclic) bond motifs is 2. The maximum absolute atomic E-state index is 6.09. The molecule has 0 aliphatic heterocycles. The van der Waals surface area contributed by atoms with E-state index in [1.165, 1.54) is 37.9 Å². The lowest BCUT2D eigenvalue weighted by molar-refractivity contribution is 0.293. The molecule has 4 atom stereocenters. The molecule has 1 aromatic heterocycles. The molecule has 2 bridgehead atoms. The molecule has 2 N–H and O–H groups in total. The van der Waals surface area contributed by atoms with Gasteiger partial charge < -0.3 is 10.3 Å². The maximum Gasteiger partial charge on any atom is 0.0253 e. The number of hydrogen-bond acceptors (Lipinski definition) is 1. The van der Waals surface area contributed by atoms with Crippen molar-refractivity contribution in [3.8, 4) is 0 Å². The topological polar surface area (TPSA) is 30.9 Å². The standard InChI is InChI=1S/C16H26N2/c1-2-15(17)10-16-4-3-7-18(16)11-14-9-12-5-6-13(14)8-12/h3-4,7,12-15H,2,5-6,8-11,17H2,1H3. The summed E-state index contributed by atoms with van der Waals surface area (Å²) in [6.45, 7) is 3.41. The van der Waals surface area contributed by atoms with Crippen molar-refractivity contribution in [1.82, 2.24) is 4.57 Å². The second kappa shape index (κ2) is 5.08. The highest BCUT2D eigenvalue weighted by atomic mass is 15.0. The summed E-state index contributed by atoms with van der Waals surface area (Å²) in [7, 11) is 0. The van der Waals surface area contributed by atoms with Crippen LogP contribution in [-0.4, -0.2) is 10.6 Å². The van der Waals surface area contributed by atoms with Crippen molar-refractivity contribution in [1.29, 1.82) is 0 Å². The first-order valence-electron chi connectivity index (χ1n) is 7.65. The monoisotopic (exact) mass is 246 g/mol. The van der Waals surface area contributed by atoms with Gasteiger partial charge in [0.15, 0.2) is 0 Å². The fourth-order valence-corrected chi connectivity index (χ4v) is 4.08. The Morgan fingerprint density at radius 2 is 2.28 bits per heavy atom. The summed E-state index contributed by atoms with van der Waals surface area (Å²) in [5, 5.41) is 0. The van der Waals surface area contributed by atoms with Gasteiger partial charge in [0, 0.05) is 30.9 Å². The molecule has 100 valence electrons. The van der Waals surface area contributed by atoms with Crippen LogP contribution in [0, 0.1) is 17.8 Å². The zero-order valence-electron chi connectivity index (χ0n) is 11.5. The van der Waals surface area contributed by atoms with Gasteiger partial charge in [0.05, 0.1) is 0 Å². The fraction of sp³-hybridized carbons (Fsp3) is 0.750. The Labute approximate surface area is 111 Å². The molecule has 2 fully saturated rings. The van der Waals surface area contributed by atoms with Crippen LogP contribution in [0.3, 0.4) is 0 Å². The summed E-state index contributed by atoms with van der Waals surface area (Å²) in [5.41, 5.74) is 7.53. The minimum atomic E-state index is 0.318. The van der Waals surface area contributed by atoms with Crippen LogP contribution in [0.5, 0.6) is 0 Å². The molecular weight excluding hydrogens is 220 g/mol. The summed E-state index contributed by atoms with van der Waals surface area (Å²) in [4.78, 5) is 0. The summed E-state index contributed by atoms with van der Waals surface area (Å²) in [6.07, 6.45) is 10.3. The predicted molar refractivity (Wildman–Crippen MR) is 75.3 cm³/mol. The van der Waals surface area contributed by atoms with Crippen LogP contribution in [0.1, 0.15) is 44.7 Å². The van der Waals surface area contributed by atoms with Crippen LogP contribution in [0.15, 0.2) is 18.3 Å². The van der Waals surface area contributed by atoms with E-state index < -0.39 is 0 Å². The van der Waals surface area contributed by atoms with Crippen molar-refractivity contribution >= 4 is 0 Å². The normalized spacial score (nSPS) is 32.0. The van der Waals surface area contributed by atoms with Gasteiger partial charge >= 0.3 is 0 Å². The Balaban J connectivity index is 1.64.